The Labute approximate surface area is 112 Å². The molecule has 0 amide bonds. The third-order valence-corrected chi connectivity index (χ3v) is 5.12. The number of ether oxygens (including phenoxy) is 1. The van der Waals surface area contributed by atoms with Crippen LogP contribution >= 0.6 is 0 Å². The van der Waals surface area contributed by atoms with Gasteiger partial charge in [0.2, 0.25) is 15.9 Å². The van der Waals surface area contributed by atoms with E-state index in [4.69, 9.17) is 9.26 Å². The Kier molecular flexibility index (Phi) is 3.11. The molecule has 0 spiro atoms. The third-order valence-electron chi connectivity index (χ3n) is 3.88. The van der Waals surface area contributed by atoms with Gasteiger partial charge >= 0.3 is 0 Å². The van der Waals surface area contributed by atoms with E-state index in [1.807, 2.05) is 0 Å². The van der Waals surface area contributed by atoms with Crippen molar-refractivity contribution in [2.45, 2.75) is 19.4 Å². The van der Waals surface area contributed by atoms with Crippen LogP contribution in [0.4, 0.5) is 0 Å². The molecule has 2 fully saturated rings. The predicted octanol–water partition coefficient (Wildman–Crippen LogP) is -0.173. The summed E-state index contributed by atoms with van der Waals surface area (Å²) in [5.41, 5.74) is 0. The fraction of sp³-hybridized carbons (Fsp3) is 0.818. The Morgan fingerprint density at radius 3 is 2.84 bits per heavy atom. The lowest BCUT2D eigenvalue weighted by molar-refractivity contribution is 0.103. The van der Waals surface area contributed by atoms with E-state index in [0.29, 0.717) is 37.8 Å². The van der Waals surface area contributed by atoms with E-state index in [1.165, 1.54) is 10.6 Å². The van der Waals surface area contributed by atoms with Crippen LogP contribution in [0.5, 0.6) is 0 Å². The first-order valence-corrected chi connectivity index (χ1v) is 8.14. The van der Waals surface area contributed by atoms with Gasteiger partial charge < -0.3 is 9.26 Å². The Morgan fingerprint density at radius 1 is 1.42 bits per heavy atom. The predicted molar refractivity (Wildman–Crippen MR) is 65.9 cm³/mol. The maximum absolute atomic E-state index is 11.6. The van der Waals surface area contributed by atoms with E-state index < -0.39 is 10.0 Å². The molecule has 1 aromatic heterocycles. The molecule has 106 valence electrons. The van der Waals surface area contributed by atoms with Crippen LogP contribution in [-0.2, 0) is 21.2 Å². The number of aromatic nitrogens is 2. The lowest BCUT2D eigenvalue weighted by Gasteiger charge is -2.16. The zero-order chi connectivity index (χ0) is 13.6. The SMILES string of the molecule is Cc1noc(C[C@H]2CO[C@@H]3CN(S(C)(=O)=O)C[C@H]23)n1. The van der Waals surface area contributed by atoms with Crippen LogP contribution in [0.2, 0.25) is 0 Å². The average Bonchev–Trinajstić information content (AvgIpc) is 2.95. The van der Waals surface area contributed by atoms with E-state index in [0.717, 1.165) is 0 Å². The molecule has 3 atom stereocenters. The summed E-state index contributed by atoms with van der Waals surface area (Å²) < 4.78 is 35.4. The first kappa shape index (κ1) is 13.0. The molecule has 0 unspecified atom stereocenters. The van der Waals surface area contributed by atoms with Gasteiger partial charge in [-0.2, -0.15) is 9.29 Å². The van der Waals surface area contributed by atoms with Crippen LogP contribution in [-0.4, -0.2) is 54.9 Å². The highest BCUT2D eigenvalue weighted by Crippen LogP contribution is 2.36. The molecule has 8 heteroatoms. The standard InChI is InChI=1S/C11H17N3O4S/c1-7-12-11(18-13-7)3-8-6-17-10-5-14(4-9(8)10)19(2,15)16/h8-10H,3-6H2,1-2H3/t8-,9+,10+/m0/s1. The molecule has 0 saturated carbocycles. The van der Waals surface area contributed by atoms with Gasteiger partial charge in [-0.05, 0) is 12.8 Å². The van der Waals surface area contributed by atoms with Gasteiger partial charge in [-0.15, -0.1) is 0 Å². The van der Waals surface area contributed by atoms with E-state index in [9.17, 15) is 8.42 Å². The summed E-state index contributed by atoms with van der Waals surface area (Å²) in [5, 5.41) is 3.77. The highest BCUT2D eigenvalue weighted by Gasteiger charge is 2.46. The number of hydrogen-bond donors (Lipinski definition) is 0. The topological polar surface area (TPSA) is 85.5 Å². The monoisotopic (exact) mass is 287 g/mol. The van der Waals surface area contributed by atoms with Crippen molar-refractivity contribution in [1.29, 1.82) is 0 Å². The second kappa shape index (κ2) is 4.53. The van der Waals surface area contributed by atoms with Crippen molar-refractivity contribution >= 4 is 10.0 Å². The second-order valence-corrected chi connectivity index (χ2v) is 7.30. The fourth-order valence-electron chi connectivity index (χ4n) is 2.89. The van der Waals surface area contributed by atoms with E-state index in [2.05, 4.69) is 10.1 Å². The molecule has 2 saturated heterocycles. The zero-order valence-corrected chi connectivity index (χ0v) is 11.8. The molecule has 3 heterocycles. The van der Waals surface area contributed by atoms with Crippen LogP contribution in [0.3, 0.4) is 0 Å². The van der Waals surface area contributed by atoms with Gasteiger partial charge in [0.1, 0.15) is 0 Å². The molecule has 2 aliphatic rings. The minimum absolute atomic E-state index is 0.00347. The zero-order valence-electron chi connectivity index (χ0n) is 10.9. The summed E-state index contributed by atoms with van der Waals surface area (Å²) in [6.07, 6.45) is 1.90. The quantitative estimate of drug-likeness (QED) is 0.767. The number of hydrogen-bond acceptors (Lipinski definition) is 6. The van der Waals surface area contributed by atoms with Gasteiger partial charge in [0, 0.05) is 25.4 Å². The Balaban J connectivity index is 1.69. The highest BCUT2D eigenvalue weighted by atomic mass is 32.2. The van der Waals surface area contributed by atoms with Gasteiger partial charge in [-0.1, -0.05) is 5.16 Å². The molecule has 7 nitrogen and oxygen atoms in total. The lowest BCUT2D eigenvalue weighted by Crippen LogP contribution is -2.30. The van der Waals surface area contributed by atoms with Crippen molar-refractivity contribution < 1.29 is 17.7 Å². The maximum atomic E-state index is 11.6. The lowest BCUT2D eigenvalue weighted by atomic mass is 9.90. The van der Waals surface area contributed by atoms with E-state index >= 15 is 0 Å². The van der Waals surface area contributed by atoms with Crippen LogP contribution in [0.25, 0.3) is 0 Å². The molecule has 1 aromatic rings. The summed E-state index contributed by atoms with van der Waals surface area (Å²) >= 11 is 0. The van der Waals surface area contributed by atoms with Gasteiger partial charge in [-0.25, -0.2) is 8.42 Å². The van der Waals surface area contributed by atoms with Crippen molar-refractivity contribution in [1.82, 2.24) is 14.4 Å². The van der Waals surface area contributed by atoms with E-state index in [-0.39, 0.29) is 17.9 Å². The molecule has 19 heavy (non-hydrogen) atoms. The van der Waals surface area contributed by atoms with Crippen LogP contribution in [0.15, 0.2) is 4.52 Å². The van der Waals surface area contributed by atoms with Crippen molar-refractivity contribution in [3.8, 4) is 0 Å². The molecule has 2 aliphatic heterocycles. The smallest absolute Gasteiger partial charge is 0.227 e. The summed E-state index contributed by atoms with van der Waals surface area (Å²) in [4.78, 5) is 4.19. The minimum Gasteiger partial charge on any atom is -0.376 e. The Hall–Kier alpha value is -0.990. The molecule has 0 N–H and O–H groups in total. The maximum Gasteiger partial charge on any atom is 0.227 e. The van der Waals surface area contributed by atoms with Gasteiger partial charge in [0.05, 0.1) is 19.0 Å². The van der Waals surface area contributed by atoms with Crippen molar-refractivity contribution in [3.05, 3.63) is 11.7 Å². The summed E-state index contributed by atoms with van der Waals surface area (Å²) in [6, 6.07) is 0. The Morgan fingerprint density at radius 2 is 2.21 bits per heavy atom. The minimum atomic E-state index is -3.13. The largest absolute Gasteiger partial charge is 0.376 e. The summed E-state index contributed by atoms with van der Waals surface area (Å²) in [6.45, 7) is 3.40. The van der Waals surface area contributed by atoms with Crippen molar-refractivity contribution in [3.63, 3.8) is 0 Å². The first-order valence-electron chi connectivity index (χ1n) is 6.29. The molecular weight excluding hydrogens is 270 g/mol. The molecule has 0 aliphatic carbocycles. The van der Waals surface area contributed by atoms with E-state index in [1.54, 1.807) is 6.92 Å². The van der Waals surface area contributed by atoms with Gasteiger partial charge in [0.15, 0.2) is 5.82 Å². The number of aryl methyl sites for hydroxylation is 1. The first-order chi connectivity index (χ1) is 8.93. The summed E-state index contributed by atoms with van der Waals surface area (Å²) in [5.74, 6) is 1.69. The second-order valence-electron chi connectivity index (χ2n) is 5.32. The van der Waals surface area contributed by atoms with Gasteiger partial charge in [0.25, 0.3) is 0 Å². The third kappa shape index (κ3) is 2.52. The highest BCUT2D eigenvalue weighted by molar-refractivity contribution is 7.88. The number of sulfonamides is 1. The molecule has 3 rings (SSSR count). The normalized spacial score (nSPS) is 31.8. The average molecular weight is 287 g/mol. The van der Waals surface area contributed by atoms with Crippen LogP contribution < -0.4 is 0 Å². The number of fused-ring (bicyclic) bond motifs is 1. The van der Waals surface area contributed by atoms with Crippen LogP contribution in [0, 0.1) is 18.8 Å². The Bertz CT molecular complexity index is 570. The molecule has 0 bridgehead atoms. The summed E-state index contributed by atoms with van der Waals surface area (Å²) in [7, 11) is -3.13. The molecule has 0 aromatic carbocycles. The van der Waals surface area contributed by atoms with Crippen molar-refractivity contribution in [2.75, 3.05) is 26.0 Å². The number of nitrogens with zero attached hydrogens (tertiary/aromatic N) is 3. The van der Waals surface area contributed by atoms with Crippen LogP contribution in [0.1, 0.15) is 11.7 Å². The van der Waals surface area contributed by atoms with Gasteiger partial charge in [-0.3, -0.25) is 0 Å². The fourth-order valence-corrected chi connectivity index (χ4v) is 3.75. The molecule has 0 radical (unpaired) electrons. The van der Waals surface area contributed by atoms with Crippen molar-refractivity contribution in [2.24, 2.45) is 11.8 Å². The molecular formula is C11H17N3O4S. The number of rotatable bonds is 3.